The van der Waals surface area contributed by atoms with Crippen molar-refractivity contribution in [1.29, 1.82) is 0 Å². The van der Waals surface area contributed by atoms with Crippen LogP contribution in [0.2, 0.25) is 0 Å². The molecule has 1 aliphatic rings. The molecule has 1 fully saturated rings. The lowest BCUT2D eigenvalue weighted by atomic mass is 9.80. The highest BCUT2D eigenvalue weighted by Crippen LogP contribution is 2.30. The Morgan fingerprint density at radius 2 is 2.17 bits per heavy atom. The van der Waals surface area contributed by atoms with Gasteiger partial charge in [-0.25, -0.2) is 4.79 Å². The summed E-state index contributed by atoms with van der Waals surface area (Å²) in [5.74, 6) is 0. The lowest BCUT2D eigenvalue weighted by molar-refractivity contribution is -0.0290. The number of urea groups is 1. The molecule has 0 aromatic carbocycles. The second-order valence-corrected chi connectivity index (χ2v) is 4.91. The molecule has 1 aromatic heterocycles. The van der Waals surface area contributed by atoms with E-state index in [4.69, 9.17) is 0 Å². The van der Waals surface area contributed by atoms with E-state index in [0.717, 1.165) is 24.8 Å². The first kappa shape index (κ1) is 12.8. The van der Waals surface area contributed by atoms with Crippen molar-refractivity contribution >= 4 is 6.03 Å². The van der Waals surface area contributed by atoms with Gasteiger partial charge in [0.1, 0.15) is 0 Å². The van der Waals surface area contributed by atoms with Crippen molar-refractivity contribution in [1.82, 2.24) is 15.6 Å². The topological polar surface area (TPSA) is 74.2 Å². The molecule has 0 radical (unpaired) electrons. The van der Waals surface area contributed by atoms with Gasteiger partial charge in [0, 0.05) is 18.9 Å². The number of hydrogen-bond acceptors (Lipinski definition) is 3. The third kappa shape index (κ3) is 3.20. The van der Waals surface area contributed by atoms with Crippen molar-refractivity contribution in [3.8, 4) is 0 Å². The Labute approximate surface area is 107 Å². The molecule has 98 valence electrons. The second-order valence-electron chi connectivity index (χ2n) is 4.91. The van der Waals surface area contributed by atoms with Crippen molar-refractivity contribution in [2.24, 2.45) is 0 Å². The maximum absolute atomic E-state index is 11.7. The molecule has 1 aliphatic carbocycles. The maximum atomic E-state index is 11.7. The Morgan fingerprint density at radius 1 is 1.50 bits per heavy atom. The number of pyridine rings is 1. The van der Waals surface area contributed by atoms with E-state index >= 15 is 0 Å². The molecule has 5 nitrogen and oxygen atoms in total. The Bertz CT molecular complexity index is 404. The van der Waals surface area contributed by atoms with Gasteiger partial charge in [-0.2, -0.15) is 0 Å². The minimum Gasteiger partial charge on any atom is -0.388 e. The molecule has 1 heterocycles. The highest BCUT2D eigenvalue weighted by Gasteiger charge is 2.34. The molecule has 2 rings (SSSR count). The van der Waals surface area contributed by atoms with Gasteiger partial charge in [-0.3, -0.25) is 4.98 Å². The van der Waals surface area contributed by atoms with Crippen molar-refractivity contribution in [2.45, 2.75) is 37.8 Å². The lowest BCUT2D eigenvalue weighted by Crippen LogP contribution is -2.50. The van der Waals surface area contributed by atoms with E-state index in [1.54, 1.807) is 12.4 Å². The number of hydrogen-bond donors (Lipinski definition) is 3. The van der Waals surface area contributed by atoms with E-state index in [0.29, 0.717) is 6.54 Å². The standard InChI is InChI=1S/C13H19N3O2/c1-10(11-3-7-14-8-4-11)16-12(17)15-9-13(18)5-2-6-13/h3-4,7-8,10,18H,2,5-6,9H2,1H3,(H2,15,16,17). The lowest BCUT2D eigenvalue weighted by Gasteiger charge is -2.36. The number of nitrogens with zero attached hydrogens (tertiary/aromatic N) is 1. The van der Waals surface area contributed by atoms with Gasteiger partial charge in [0.2, 0.25) is 0 Å². The zero-order valence-corrected chi connectivity index (χ0v) is 10.5. The van der Waals surface area contributed by atoms with E-state index in [1.165, 1.54) is 0 Å². The molecular weight excluding hydrogens is 230 g/mol. The fourth-order valence-corrected chi connectivity index (χ4v) is 1.99. The fourth-order valence-electron chi connectivity index (χ4n) is 1.99. The minimum atomic E-state index is -0.683. The van der Waals surface area contributed by atoms with Crippen molar-refractivity contribution in [3.05, 3.63) is 30.1 Å². The van der Waals surface area contributed by atoms with Gasteiger partial charge in [-0.1, -0.05) is 0 Å². The number of nitrogens with one attached hydrogen (secondary N) is 2. The van der Waals surface area contributed by atoms with E-state index < -0.39 is 5.60 Å². The van der Waals surface area contributed by atoms with Gasteiger partial charge in [0.05, 0.1) is 11.6 Å². The summed E-state index contributed by atoms with van der Waals surface area (Å²) < 4.78 is 0. The minimum absolute atomic E-state index is 0.0796. The summed E-state index contributed by atoms with van der Waals surface area (Å²) in [7, 11) is 0. The van der Waals surface area contributed by atoms with E-state index in [1.807, 2.05) is 19.1 Å². The first-order valence-corrected chi connectivity index (χ1v) is 6.26. The molecule has 1 saturated carbocycles. The highest BCUT2D eigenvalue weighted by molar-refractivity contribution is 5.74. The van der Waals surface area contributed by atoms with Crippen LogP contribution in [0, 0.1) is 0 Å². The summed E-state index contributed by atoms with van der Waals surface area (Å²) in [6.07, 6.45) is 5.97. The number of carbonyl (C=O) groups excluding carboxylic acids is 1. The fraction of sp³-hybridized carbons (Fsp3) is 0.538. The van der Waals surface area contributed by atoms with Crippen LogP contribution in [0.5, 0.6) is 0 Å². The van der Waals surface area contributed by atoms with Crippen molar-refractivity contribution in [2.75, 3.05) is 6.54 Å². The average molecular weight is 249 g/mol. The molecule has 3 N–H and O–H groups in total. The predicted octanol–water partition coefficient (Wildman–Crippen LogP) is 1.36. The van der Waals surface area contributed by atoms with Crippen LogP contribution in [-0.4, -0.2) is 28.3 Å². The van der Waals surface area contributed by atoms with Crippen LogP contribution in [0.3, 0.4) is 0 Å². The zero-order chi connectivity index (χ0) is 13.0. The molecule has 0 spiro atoms. The number of carbonyl (C=O) groups is 1. The van der Waals surface area contributed by atoms with Crippen LogP contribution < -0.4 is 10.6 Å². The molecule has 1 aromatic rings. The summed E-state index contributed by atoms with van der Waals surface area (Å²) in [4.78, 5) is 15.6. The van der Waals surface area contributed by atoms with Gasteiger partial charge < -0.3 is 15.7 Å². The summed E-state index contributed by atoms with van der Waals surface area (Å²) in [6.45, 7) is 2.23. The van der Waals surface area contributed by atoms with Gasteiger partial charge in [0.25, 0.3) is 0 Å². The molecule has 0 aliphatic heterocycles. The second kappa shape index (κ2) is 5.35. The predicted molar refractivity (Wildman–Crippen MR) is 68.0 cm³/mol. The Morgan fingerprint density at radius 3 is 2.72 bits per heavy atom. The third-order valence-corrected chi connectivity index (χ3v) is 3.42. The number of amides is 2. The van der Waals surface area contributed by atoms with Crippen molar-refractivity contribution < 1.29 is 9.90 Å². The molecule has 2 amide bonds. The SMILES string of the molecule is CC(NC(=O)NCC1(O)CCC1)c1ccncc1. The van der Waals surface area contributed by atoms with Crippen LogP contribution in [-0.2, 0) is 0 Å². The molecule has 0 saturated heterocycles. The number of rotatable bonds is 4. The Hall–Kier alpha value is -1.62. The monoisotopic (exact) mass is 249 g/mol. The molecule has 18 heavy (non-hydrogen) atoms. The number of aromatic nitrogens is 1. The largest absolute Gasteiger partial charge is 0.388 e. The normalized spacial score (nSPS) is 18.6. The van der Waals surface area contributed by atoms with E-state index in [-0.39, 0.29) is 12.1 Å². The number of aliphatic hydroxyl groups is 1. The molecule has 5 heteroatoms. The molecule has 1 unspecified atom stereocenters. The van der Waals surface area contributed by atoms with Crippen LogP contribution in [0.4, 0.5) is 4.79 Å². The summed E-state index contributed by atoms with van der Waals surface area (Å²) >= 11 is 0. The van der Waals surface area contributed by atoms with Crippen LogP contribution >= 0.6 is 0 Å². The highest BCUT2D eigenvalue weighted by atomic mass is 16.3. The smallest absolute Gasteiger partial charge is 0.315 e. The van der Waals surface area contributed by atoms with Gasteiger partial charge >= 0.3 is 6.03 Å². The maximum Gasteiger partial charge on any atom is 0.315 e. The van der Waals surface area contributed by atoms with Gasteiger partial charge in [-0.15, -0.1) is 0 Å². The first-order chi connectivity index (χ1) is 8.59. The first-order valence-electron chi connectivity index (χ1n) is 6.26. The van der Waals surface area contributed by atoms with Gasteiger partial charge in [-0.05, 0) is 43.9 Å². The average Bonchev–Trinajstić information content (AvgIpc) is 2.35. The van der Waals surface area contributed by atoms with Crippen LogP contribution in [0.15, 0.2) is 24.5 Å². The molecule has 1 atom stereocenters. The van der Waals surface area contributed by atoms with E-state index in [9.17, 15) is 9.90 Å². The summed E-state index contributed by atoms with van der Waals surface area (Å²) in [5.41, 5.74) is 0.319. The Kier molecular flexibility index (Phi) is 3.81. The Balaban J connectivity index is 1.77. The van der Waals surface area contributed by atoms with E-state index in [2.05, 4.69) is 15.6 Å². The third-order valence-electron chi connectivity index (χ3n) is 3.42. The summed E-state index contributed by atoms with van der Waals surface area (Å²) in [5, 5.41) is 15.4. The quantitative estimate of drug-likeness (QED) is 0.754. The molecular formula is C13H19N3O2. The van der Waals surface area contributed by atoms with Gasteiger partial charge in [0.15, 0.2) is 0 Å². The zero-order valence-electron chi connectivity index (χ0n) is 10.5. The van der Waals surface area contributed by atoms with Crippen LogP contribution in [0.25, 0.3) is 0 Å². The van der Waals surface area contributed by atoms with Crippen molar-refractivity contribution in [3.63, 3.8) is 0 Å². The molecule has 0 bridgehead atoms. The summed E-state index contributed by atoms with van der Waals surface area (Å²) in [6, 6.07) is 3.40. The van der Waals surface area contributed by atoms with Crippen LogP contribution in [0.1, 0.15) is 37.8 Å².